The molecular weight excluding hydrogens is 400 g/mol. The van der Waals surface area contributed by atoms with E-state index in [9.17, 15) is 13.2 Å². The number of hydrogen-bond acceptors (Lipinski definition) is 4. The summed E-state index contributed by atoms with van der Waals surface area (Å²) in [5.74, 6) is 0.238. The summed E-state index contributed by atoms with van der Waals surface area (Å²) in [7, 11) is -3.44. The quantitative estimate of drug-likeness (QED) is 0.708. The van der Waals surface area contributed by atoms with Crippen molar-refractivity contribution in [1.29, 1.82) is 0 Å². The highest BCUT2D eigenvalue weighted by Gasteiger charge is 2.33. The van der Waals surface area contributed by atoms with Crippen molar-refractivity contribution < 1.29 is 13.2 Å². The van der Waals surface area contributed by atoms with Crippen LogP contribution in [0.1, 0.15) is 19.3 Å². The van der Waals surface area contributed by atoms with Gasteiger partial charge in [0.1, 0.15) is 4.21 Å². The fourth-order valence-corrected chi connectivity index (χ4v) is 6.57. The van der Waals surface area contributed by atoms with Gasteiger partial charge in [-0.05, 0) is 47.3 Å². The smallest absolute Gasteiger partial charge is 0.252 e. The van der Waals surface area contributed by atoms with E-state index in [4.69, 9.17) is 0 Å². The van der Waals surface area contributed by atoms with E-state index in [1.165, 1.54) is 15.6 Å². The molecule has 5 nitrogen and oxygen atoms in total. The lowest BCUT2D eigenvalue weighted by Crippen LogP contribution is -2.51. The number of allylic oxidation sites excluding steroid dienone is 2. The summed E-state index contributed by atoms with van der Waals surface area (Å²) in [6, 6.07) is 3.36. The predicted molar refractivity (Wildman–Crippen MR) is 93.8 cm³/mol. The molecule has 1 amide bonds. The van der Waals surface area contributed by atoms with E-state index >= 15 is 0 Å². The topological polar surface area (TPSA) is 57.7 Å². The molecule has 2 aliphatic rings. The molecule has 23 heavy (non-hydrogen) atoms. The number of carbonyl (C=O) groups is 1. The summed E-state index contributed by atoms with van der Waals surface area (Å²) in [5, 5.41) is 0. The average molecular weight is 419 g/mol. The Morgan fingerprint density at radius 3 is 2.48 bits per heavy atom. The molecule has 1 aromatic rings. The number of nitrogens with zero attached hydrogens (tertiary/aromatic N) is 2. The molecule has 2 heterocycles. The summed E-state index contributed by atoms with van der Waals surface area (Å²) >= 11 is 4.52. The maximum atomic E-state index is 12.6. The molecule has 0 N–H and O–H groups in total. The van der Waals surface area contributed by atoms with Crippen molar-refractivity contribution in [2.45, 2.75) is 23.5 Å². The van der Waals surface area contributed by atoms with Crippen LogP contribution in [-0.4, -0.2) is 49.7 Å². The lowest BCUT2D eigenvalue weighted by atomic mass is 9.93. The van der Waals surface area contributed by atoms with Crippen LogP contribution in [0.2, 0.25) is 0 Å². The molecule has 126 valence electrons. The second-order valence-electron chi connectivity index (χ2n) is 5.77. The molecule has 1 fully saturated rings. The Hall–Kier alpha value is -0.700. The summed E-state index contributed by atoms with van der Waals surface area (Å²) in [6.45, 7) is 1.69. The van der Waals surface area contributed by atoms with Gasteiger partial charge in [-0.25, -0.2) is 8.42 Å². The van der Waals surface area contributed by atoms with Gasteiger partial charge in [-0.3, -0.25) is 4.79 Å². The SMILES string of the molecule is O=C(C1CC=CCC1)N1CCN(S(=O)(=O)c2ccc(Br)s2)CC1. The van der Waals surface area contributed by atoms with Crippen LogP contribution in [0.3, 0.4) is 0 Å². The second-order valence-corrected chi connectivity index (χ2v) is 10.4. The zero-order valence-corrected chi connectivity index (χ0v) is 15.9. The Morgan fingerprint density at radius 2 is 1.91 bits per heavy atom. The van der Waals surface area contributed by atoms with Gasteiger partial charge in [-0.2, -0.15) is 4.31 Å². The summed E-state index contributed by atoms with van der Waals surface area (Å²) in [6.07, 6.45) is 6.85. The first kappa shape index (κ1) is 17.1. The molecule has 0 spiro atoms. The zero-order chi connectivity index (χ0) is 16.4. The Labute approximate surface area is 149 Å². The largest absolute Gasteiger partial charge is 0.340 e. The molecule has 1 unspecified atom stereocenters. The van der Waals surface area contributed by atoms with E-state index in [2.05, 4.69) is 28.1 Å². The molecule has 0 radical (unpaired) electrons. The van der Waals surface area contributed by atoms with Crippen LogP contribution >= 0.6 is 27.3 Å². The predicted octanol–water partition coefficient (Wildman–Crippen LogP) is 2.70. The van der Waals surface area contributed by atoms with E-state index in [0.29, 0.717) is 30.4 Å². The molecule has 1 aliphatic carbocycles. The van der Waals surface area contributed by atoms with Crippen molar-refractivity contribution in [1.82, 2.24) is 9.21 Å². The molecular formula is C15H19BrN2O3S2. The average Bonchev–Trinajstić information content (AvgIpc) is 3.02. The van der Waals surface area contributed by atoms with Gasteiger partial charge in [0.15, 0.2) is 0 Å². The third-order valence-corrected chi connectivity index (χ3v) is 8.30. The van der Waals surface area contributed by atoms with Crippen LogP contribution in [0, 0.1) is 5.92 Å². The van der Waals surface area contributed by atoms with Gasteiger partial charge >= 0.3 is 0 Å². The van der Waals surface area contributed by atoms with Gasteiger partial charge in [0.2, 0.25) is 5.91 Å². The van der Waals surface area contributed by atoms with Crippen LogP contribution in [0.4, 0.5) is 0 Å². The van der Waals surface area contributed by atoms with E-state index < -0.39 is 10.0 Å². The van der Waals surface area contributed by atoms with Crippen LogP contribution in [0.25, 0.3) is 0 Å². The maximum absolute atomic E-state index is 12.6. The second kappa shape index (κ2) is 7.04. The summed E-state index contributed by atoms with van der Waals surface area (Å²) in [5.41, 5.74) is 0. The maximum Gasteiger partial charge on any atom is 0.252 e. The third kappa shape index (κ3) is 3.70. The molecule has 3 rings (SSSR count). The molecule has 0 aromatic carbocycles. The fourth-order valence-electron chi connectivity index (χ4n) is 2.99. The van der Waals surface area contributed by atoms with Gasteiger partial charge < -0.3 is 4.90 Å². The third-order valence-electron chi connectivity index (χ3n) is 4.31. The normalized spacial score (nSPS) is 23.2. The van der Waals surface area contributed by atoms with Crippen molar-refractivity contribution in [3.63, 3.8) is 0 Å². The highest BCUT2D eigenvalue weighted by Crippen LogP contribution is 2.29. The first-order valence-electron chi connectivity index (χ1n) is 7.68. The molecule has 1 aromatic heterocycles. The Balaban J connectivity index is 1.62. The summed E-state index contributed by atoms with van der Waals surface area (Å²) < 4.78 is 27.8. The molecule has 0 saturated carbocycles. The van der Waals surface area contributed by atoms with E-state index in [1.807, 2.05) is 4.90 Å². The van der Waals surface area contributed by atoms with Crippen molar-refractivity contribution >= 4 is 43.2 Å². The number of carbonyl (C=O) groups excluding carboxylic acids is 1. The molecule has 0 bridgehead atoms. The number of amides is 1. The minimum absolute atomic E-state index is 0.0661. The lowest BCUT2D eigenvalue weighted by molar-refractivity contribution is -0.137. The van der Waals surface area contributed by atoms with Crippen molar-refractivity contribution in [3.05, 3.63) is 28.1 Å². The number of rotatable bonds is 3. The standard InChI is InChI=1S/C15H19BrN2O3S2/c16-13-6-7-14(22-13)23(20,21)18-10-8-17(9-11-18)15(19)12-4-2-1-3-5-12/h1-2,6-7,12H,3-5,8-11H2. The number of sulfonamides is 1. The Kier molecular flexibility index (Phi) is 5.25. The number of thiophene rings is 1. The van der Waals surface area contributed by atoms with Crippen LogP contribution in [-0.2, 0) is 14.8 Å². The zero-order valence-electron chi connectivity index (χ0n) is 12.7. The van der Waals surface area contributed by atoms with E-state index in [0.717, 1.165) is 23.0 Å². The minimum atomic E-state index is -3.44. The van der Waals surface area contributed by atoms with Crippen molar-refractivity contribution in [3.8, 4) is 0 Å². The fraction of sp³-hybridized carbons (Fsp3) is 0.533. The number of piperazine rings is 1. The number of hydrogen-bond donors (Lipinski definition) is 0. The molecule has 1 atom stereocenters. The lowest BCUT2D eigenvalue weighted by Gasteiger charge is -2.35. The highest BCUT2D eigenvalue weighted by molar-refractivity contribution is 9.11. The van der Waals surface area contributed by atoms with Gasteiger partial charge in [-0.15, -0.1) is 11.3 Å². The van der Waals surface area contributed by atoms with Gasteiger partial charge in [0, 0.05) is 32.1 Å². The highest BCUT2D eigenvalue weighted by atomic mass is 79.9. The Morgan fingerprint density at radius 1 is 1.17 bits per heavy atom. The van der Waals surface area contributed by atoms with Crippen molar-refractivity contribution in [2.75, 3.05) is 26.2 Å². The van der Waals surface area contributed by atoms with Gasteiger partial charge in [-0.1, -0.05) is 12.2 Å². The van der Waals surface area contributed by atoms with E-state index in [-0.39, 0.29) is 11.8 Å². The Bertz CT molecular complexity index is 706. The monoisotopic (exact) mass is 418 g/mol. The summed E-state index contributed by atoms with van der Waals surface area (Å²) in [4.78, 5) is 14.3. The van der Waals surface area contributed by atoms with Crippen molar-refractivity contribution in [2.24, 2.45) is 5.92 Å². The van der Waals surface area contributed by atoms with Crippen LogP contribution in [0.15, 0.2) is 32.3 Å². The molecule has 8 heteroatoms. The number of halogens is 1. The molecule has 1 saturated heterocycles. The minimum Gasteiger partial charge on any atom is -0.340 e. The first-order valence-corrected chi connectivity index (χ1v) is 10.7. The first-order chi connectivity index (χ1) is 11.0. The molecule has 1 aliphatic heterocycles. The van der Waals surface area contributed by atoms with Gasteiger partial charge in [0.25, 0.3) is 10.0 Å². The van der Waals surface area contributed by atoms with E-state index in [1.54, 1.807) is 12.1 Å². The van der Waals surface area contributed by atoms with Gasteiger partial charge in [0.05, 0.1) is 3.79 Å². The van der Waals surface area contributed by atoms with Crippen LogP contribution in [0.5, 0.6) is 0 Å². The van der Waals surface area contributed by atoms with Crippen LogP contribution < -0.4 is 0 Å².